The highest BCUT2D eigenvalue weighted by atomic mass is 16.5. The molecule has 8 nitrogen and oxygen atoms in total. The van der Waals surface area contributed by atoms with Gasteiger partial charge in [0.25, 0.3) is 0 Å². The molecule has 3 aromatic rings. The van der Waals surface area contributed by atoms with Crippen molar-refractivity contribution in [3.8, 4) is 16.9 Å². The fourth-order valence-corrected chi connectivity index (χ4v) is 3.97. The van der Waals surface area contributed by atoms with E-state index in [2.05, 4.69) is 26.2 Å². The number of nitrogens with two attached hydrogens (primary N) is 1. The summed E-state index contributed by atoms with van der Waals surface area (Å²) in [5, 5.41) is 7.46. The molecule has 0 spiro atoms. The maximum absolute atomic E-state index is 12.7. The van der Waals surface area contributed by atoms with Gasteiger partial charge < -0.3 is 20.4 Å². The summed E-state index contributed by atoms with van der Waals surface area (Å²) in [4.78, 5) is 21.6. The quantitative estimate of drug-likeness (QED) is 0.592. The van der Waals surface area contributed by atoms with Crippen molar-refractivity contribution in [2.24, 2.45) is 5.73 Å². The van der Waals surface area contributed by atoms with Crippen molar-refractivity contribution in [1.29, 1.82) is 0 Å². The van der Waals surface area contributed by atoms with Crippen molar-refractivity contribution in [2.45, 2.75) is 31.2 Å². The third kappa shape index (κ3) is 4.17. The molecule has 1 amide bonds. The zero-order chi connectivity index (χ0) is 20.2. The normalized spacial score (nSPS) is 16.0. The van der Waals surface area contributed by atoms with Crippen LogP contribution in [0.4, 0.5) is 0 Å². The van der Waals surface area contributed by atoms with Crippen molar-refractivity contribution >= 4 is 5.91 Å². The maximum Gasteiger partial charge on any atom is 0.239 e. The Kier molecular flexibility index (Phi) is 5.62. The van der Waals surface area contributed by atoms with Crippen LogP contribution >= 0.6 is 0 Å². The highest BCUT2D eigenvalue weighted by Gasteiger charge is 2.29. The minimum Gasteiger partial charge on any atom is -0.497 e. The molecule has 3 heterocycles. The van der Waals surface area contributed by atoms with Crippen LogP contribution in [0, 0.1) is 0 Å². The van der Waals surface area contributed by atoms with E-state index in [0.717, 1.165) is 41.1 Å². The number of hydrogen-bond donors (Lipinski definition) is 3. The number of ether oxygens (including phenoxy) is 1. The van der Waals surface area contributed by atoms with Gasteiger partial charge in [-0.3, -0.25) is 9.89 Å². The monoisotopic (exact) mass is 394 g/mol. The van der Waals surface area contributed by atoms with Gasteiger partial charge in [0, 0.05) is 48.6 Å². The van der Waals surface area contributed by atoms with Crippen molar-refractivity contribution in [2.75, 3.05) is 20.2 Å². The number of methoxy groups -OCH3 is 1. The van der Waals surface area contributed by atoms with Crippen molar-refractivity contribution in [3.05, 3.63) is 54.4 Å². The Bertz CT molecular complexity index is 944. The van der Waals surface area contributed by atoms with Crippen molar-refractivity contribution in [3.63, 3.8) is 0 Å². The van der Waals surface area contributed by atoms with Gasteiger partial charge in [0.1, 0.15) is 5.75 Å². The standard InChI is InChI=1S/C21H26N6O2/c1-29-17-4-2-3-15(9-17)18-12-25-26-20(18)14-5-7-27(8-6-14)21(28)19(22)10-16-11-23-13-24-16/h2-4,9,11-14,19H,5-8,10,22H2,1H3,(H,23,24)(H,25,26)/t19-/m0/s1. The smallest absolute Gasteiger partial charge is 0.239 e. The van der Waals surface area contributed by atoms with Crippen LogP contribution in [0.1, 0.15) is 30.1 Å². The summed E-state index contributed by atoms with van der Waals surface area (Å²) >= 11 is 0. The highest BCUT2D eigenvalue weighted by molar-refractivity contribution is 5.82. The summed E-state index contributed by atoms with van der Waals surface area (Å²) in [5.41, 5.74) is 10.3. The van der Waals surface area contributed by atoms with Crippen LogP contribution in [0.15, 0.2) is 43.0 Å². The van der Waals surface area contributed by atoms with Crippen molar-refractivity contribution < 1.29 is 9.53 Å². The average molecular weight is 394 g/mol. The first kappa shape index (κ1) is 19.2. The van der Waals surface area contributed by atoms with E-state index in [4.69, 9.17) is 10.5 Å². The van der Waals surface area contributed by atoms with Gasteiger partial charge >= 0.3 is 0 Å². The van der Waals surface area contributed by atoms with Gasteiger partial charge in [-0.15, -0.1) is 0 Å². The summed E-state index contributed by atoms with van der Waals surface area (Å²) < 4.78 is 5.35. The molecule has 29 heavy (non-hydrogen) atoms. The second-order valence-electron chi connectivity index (χ2n) is 7.42. The second kappa shape index (κ2) is 8.48. The van der Waals surface area contributed by atoms with Gasteiger partial charge in [0.15, 0.2) is 0 Å². The lowest BCUT2D eigenvalue weighted by Gasteiger charge is -2.33. The number of carbonyl (C=O) groups excluding carboxylic acids is 1. The van der Waals surface area contributed by atoms with Crippen LogP contribution in [0.3, 0.4) is 0 Å². The lowest BCUT2D eigenvalue weighted by atomic mass is 9.89. The van der Waals surface area contributed by atoms with Gasteiger partial charge in [0.2, 0.25) is 5.91 Å². The summed E-state index contributed by atoms with van der Waals surface area (Å²) in [5.74, 6) is 1.14. The molecule has 0 aliphatic carbocycles. The number of nitrogens with one attached hydrogen (secondary N) is 2. The number of aromatic amines is 2. The average Bonchev–Trinajstić information content (AvgIpc) is 3.45. The third-order valence-electron chi connectivity index (χ3n) is 5.58. The zero-order valence-corrected chi connectivity index (χ0v) is 16.5. The number of imidazole rings is 1. The molecule has 0 saturated carbocycles. The van der Waals surface area contributed by atoms with Gasteiger partial charge in [-0.25, -0.2) is 4.98 Å². The minimum absolute atomic E-state index is 0.00400. The Labute approximate surface area is 169 Å². The first-order chi connectivity index (χ1) is 14.2. The van der Waals surface area contributed by atoms with E-state index in [-0.39, 0.29) is 5.91 Å². The molecule has 4 N–H and O–H groups in total. The molecule has 1 atom stereocenters. The third-order valence-corrected chi connectivity index (χ3v) is 5.58. The van der Waals surface area contributed by atoms with E-state index in [9.17, 15) is 4.79 Å². The number of piperidine rings is 1. The summed E-state index contributed by atoms with van der Waals surface area (Å²) in [6, 6.07) is 7.44. The predicted molar refractivity (Wildman–Crippen MR) is 109 cm³/mol. The Balaban J connectivity index is 1.40. The summed E-state index contributed by atoms with van der Waals surface area (Å²) in [6.07, 6.45) is 7.39. The molecule has 4 rings (SSSR count). The molecule has 1 aromatic carbocycles. The van der Waals surface area contributed by atoms with E-state index in [1.807, 2.05) is 29.3 Å². The van der Waals surface area contributed by atoms with Crippen LogP contribution in [0.2, 0.25) is 0 Å². The van der Waals surface area contributed by atoms with Crippen molar-refractivity contribution in [1.82, 2.24) is 25.1 Å². The number of aromatic nitrogens is 4. The predicted octanol–water partition coefficient (Wildman–Crippen LogP) is 2.08. The fraction of sp³-hybridized carbons (Fsp3) is 0.381. The lowest BCUT2D eigenvalue weighted by molar-refractivity contribution is -0.133. The molecule has 2 aromatic heterocycles. The largest absolute Gasteiger partial charge is 0.497 e. The topological polar surface area (TPSA) is 113 Å². The lowest BCUT2D eigenvalue weighted by Crippen LogP contribution is -2.47. The van der Waals surface area contributed by atoms with E-state index < -0.39 is 6.04 Å². The SMILES string of the molecule is COc1cccc(-c2cn[nH]c2C2CCN(C(=O)[C@@H](N)Cc3cnc[nH]3)CC2)c1. The Morgan fingerprint density at radius 3 is 2.90 bits per heavy atom. The second-order valence-corrected chi connectivity index (χ2v) is 7.42. The molecule has 0 radical (unpaired) electrons. The minimum atomic E-state index is -0.550. The molecular weight excluding hydrogens is 368 g/mol. The van der Waals surface area contributed by atoms with Crippen LogP contribution in [0.5, 0.6) is 5.75 Å². The van der Waals surface area contributed by atoms with Crippen LogP contribution in [0.25, 0.3) is 11.1 Å². The van der Waals surface area contributed by atoms with Gasteiger partial charge in [-0.2, -0.15) is 5.10 Å². The number of amides is 1. The van der Waals surface area contributed by atoms with Crippen LogP contribution in [-0.2, 0) is 11.2 Å². The molecule has 1 aliphatic heterocycles. The number of H-pyrrole nitrogens is 2. The summed E-state index contributed by atoms with van der Waals surface area (Å²) in [6.45, 7) is 1.38. The molecule has 1 aliphatic rings. The number of rotatable bonds is 6. The summed E-state index contributed by atoms with van der Waals surface area (Å²) in [7, 11) is 1.67. The fourth-order valence-electron chi connectivity index (χ4n) is 3.97. The van der Waals surface area contributed by atoms with E-state index in [1.165, 1.54) is 0 Å². The number of nitrogens with zero attached hydrogens (tertiary/aromatic N) is 3. The molecule has 0 unspecified atom stereocenters. The van der Waals surface area contributed by atoms with Gasteiger partial charge in [-0.05, 0) is 30.5 Å². The maximum atomic E-state index is 12.7. The van der Waals surface area contributed by atoms with Gasteiger partial charge in [0.05, 0.1) is 25.7 Å². The Hall–Kier alpha value is -3.13. The first-order valence-electron chi connectivity index (χ1n) is 9.85. The Morgan fingerprint density at radius 1 is 1.34 bits per heavy atom. The number of benzene rings is 1. The number of likely N-dealkylation sites (tertiary alicyclic amines) is 1. The van der Waals surface area contributed by atoms with E-state index in [0.29, 0.717) is 25.4 Å². The highest BCUT2D eigenvalue weighted by Crippen LogP contribution is 2.35. The molecule has 0 bridgehead atoms. The molecule has 8 heteroatoms. The molecule has 1 fully saturated rings. The van der Waals surface area contributed by atoms with E-state index in [1.54, 1.807) is 19.6 Å². The van der Waals surface area contributed by atoms with Crippen LogP contribution in [-0.4, -0.2) is 57.2 Å². The number of carbonyl (C=O) groups is 1. The molecule has 152 valence electrons. The zero-order valence-electron chi connectivity index (χ0n) is 16.5. The number of hydrogen-bond acceptors (Lipinski definition) is 5. The first-order valence-corrected chi connectivity index (χ1v) is 9.85. The van der Waals surface area contributed by atoms with E-state index >= 15 is 0 Å². The Morgan fingerprint density at radius 2 is 2.17 bits per heavy atom. The van der Waals surface area contributed by atoms with Crippen LogP contribution < -0.4 is 10.5 Å². The molecule has 1 saturated heterocycles. The van der Waals surface area contributed by atoms with Gasteiger partial charge in [-0.1, -0.05) is 12.1 Å². The molecular formula is C21H26N6O2.